The average Bonchev–Trinajstić information content (AvgIpc) is 3.05. The van der Waals surface area contributed by atoms with E-state index in [1.165, 1.54) is 25.2 Å². The molecule has 4 rings (SSSR count). The van der Waals surface area contributed by atoms with Crippen molar-refractivity contribution in [3.8, 4) is 0 Å². The number of methoxy groups -OCH3 is 1. The molecule has 0 bridgehead atoms. The Bertz CT molecular complexity index is 1520. The summed E-state index contributed by atoms with van der Waals surface area (Å²) in [5, 5.41) is 2.24. The number of unbranched alkanes of at least 4 members (excludes halogenated alkanes) is 2. The molecule has 0 spiro atoms. The van der Waals surface area contributed by atoms with Gasteiger partial charge in [-0.05, 0) is 59.2 Å². The highest BCUT2D eigenvalue weighted by Gasteiger charge is 2.54. The third-order valence-corrected chi connectivity index (χ3v) is 12.0. The van der Waals surface area contributed by atoms with Gasteiger partial charge in [0.1, 0.15) is 0 Å². The van der Waals surface area contributed by atoms with Gasteiger partial charge in [0.15, 0.2) is 0 Å². The highest BCUT2D eigenvalue weighted by Crippen LogP contribution is 2.54. The van der Waals surface area contributed by atoms with E-state index in [9.17, 15) is 9.59 Å². The number of hydrogen-bond acceptors (Lipinski definition) is 5. The van der Waals surface area contributed by atoms with Crippen molar-refractivity contribution in [2.75, 3.05) is 7.11 Å². The topological polar surface area (TPSA) is 61.8 Å². The van der Waals surface area contributed by atoms with E-state index in [0.29, 0.717) is 6.42 Å². The molecular weight excluding hydrogens is 601 g/mol. The van der Waals surface area contributed by atoms with E-state index in [-0.39, 0.29) is 29.2 Å². The van der Waals surface area contributed by atoms with Crippen LogP contribution in [0, 0.1) is 11.3 Å². The number of allylic oxidation sites excluding steroid dienone is 2. The Morgan fingerprint density at radius 2 is 1.36 bits per heavy atom. The van der Waals surface area contributed by atoms with E-state index < -0.39 is 14.8 Å². The number of benzene rings is 3. The molecule has 47 heavy (non-hydrogen) atoms. The molecule has 0 saturated heterocycles. The maximum Gasteiger partial charge on any atom is 0.305 e. The molecule has 3 aromatic rings. The molecule has 3 aromatic carbocycles. The first-order chi connectivity index (χ1) is 22.4. The lowest BCUT2D eigenvalue weighted by atomic mass is 9.64. The zero-order valence-corrected chi connectivity index (χ0v) is 30.6. The molecule has 5 nitrogen and oxygen atoms in total. The molecule has 6 heteroatoms. The number of ether oxygens (including phenoxy) is 2. The monoisotopic (exact) mass is 652 g/mol. The number of carbonyl (C=O) groups is 2. The molecule has 0 radical (unpaired) electrons. The van der Waals surface area contributed by atoms with Gasteiger partial charge in [-0.3, -0.25) is 9.59 Å². The van der Waals surface area contributed by atoms with E-state index in [1.54, 1.807) is 0 Å². The predicted octanol–water partition coefficient (Wildman–Crippen LogP) is 8.04. The van der Waals surface area contributed by atoms with Gasteiger partial charge in [0.2, 0.25) is 14.8 Å². The van der Waals surface area contributed by atoms with Gasteiger partial charge in [-0.15, -0.1) is 0 Å². The van der Waals surface area contributed by atoms with Crippen LogP contribution < -0.4 is 10.4 Å². The molecule has 0 amide bonds. The Balaban J connectivity index is 1.97. The third-order valence-electron chi connectivity index (χ3n) is 9.46. The Hall–Kier alpha value is -3.74. The zero-order chi connectivity index (χ0) is 34.2. The number of carbonyl (C=O) groups excluding carboxylic acids is 2. The highest BCUT2D eigenvalue weighted by molar-refractivity contribution is 6.80. The average molecular weight is 653 g/mol. The molecule has 3 unspecified atom stereocenters. The molecule has 3 atom stereocenters. The normalized spacial score (nSPS) is 19.1. The van der Waals surface area contributed by atoms with Crippen LogP contribution in [0.15, 0.2) is 113 Å². The second-order valence-corrected chi connectivity index (χ2v) is 16.1. The van der Waals surface area contributed by atoms with Crippen molar-refractivity contribution in [3.05, 3.63) is 119 Å². The first-order valence-electron chi connectivity index (χ1n) is 16.9. The minimum absolute atomic E-state index is 0.0808. The van der Waals surface area contributed by atoms with Crippen LogP contribution in [0.4, 0.5) is 0 Å². The van der Waals surface area contributed by atoms with Crippen LogP contribution in [0.2, 0.25) is 0 Å². The molecule has 0 aliphatic heterocycles. The lowest BCUT2D eigenvalue weighted by Crippen LogP contribution is -2.58. The summed E-state index contributed by atoms with van der Waals surface area (Å²) in [5.74, 6) is -2.20. The third kappa shape index (κ3) is 8.41. The maximum atomic E-state index is 13.3. The summed E-state index contributed by atoms with van der Waals surface area (Å²) in [6, 6.07) is 31.3. The number of esters is 2. The second kappa shape index (κ2) is 15.9. The van der Waals surface area contributed by atoms with Gasteiger partial charge in [-0.25, -0.2) is 0 Å². The van der Waals surface area contributed by atoms with Crippen molar-refractivity contribution in [3.63, 3.8) is 0 Å². The number of rotatable bonds is 13. The molecule has 1 aliphatic rings. The van der Waals surface area contributed by atoms with Crippen LogP contribution in [0.1, 0.15) is 92.1 Å². The van der Waals surface area contributed by atoms with Crippen LogP contribution in [0.5, 0.6) is 0 Å². The molecule has 0 N–H and O–H groups in total. The van der Waals surface area contributed by atoms with Crippen molar-refractivity contribution < 1.29 is 23.5 Å². The van der Waals surface area contributed by atoms with Gasteiger partial charge in [0.05, 0.1) is 7.11 Å². The first kappa shape index (κ1) is 36.1. The van der Waals surface area contributed by atoms with Crippen molar-refractivity contribution in [1.29, 1.82) is 0 Å². The molecule has 0 heterocycles. The Labute approximate surface area is 283 Å². The van der Waals surface area contributed by atoms with Crippen LogP contribution in [0.3, 0.4) is 0 Å². The largest absolute Gasteiger partial charge is 0.469 e. The fraction of sp³-hybridized carbons (Fsp3) is 0.415. The second-order valence-electron chi connectivity index (χ2n) is 13.8. The molecular formula is C41H52O5Si. The minimum Gasteiger partial charge on any atom is -0.469 e. The summed E-state index contributed by atoms with van der Waals surface area (Å²) in [6.07, 6.45) is 3.76. The first-order valence-corrected chi connectivity index (χ1v) is 18.5. The standard InChI is InChI=1S/C41H52O5Si/c1-29-31(3)41(45-32(4)42,46-47(34-23-15-10-16-24-34)35-25-17-11-18-26-35)39(30(2)38(29)40(5,6)7)36(33-21-13-9-14-22-33)27-19-12-20-28-37(43)44-8/h9-11,13-18,21-26,31,36,47H,12,19-20,27-28H2,1-8H3. The van der Waals surface area contributed by atoms with Gasteiger partial charge in [-0.2, -0.15) is 0 Å². The highest BCUT2D eigenvalue weighted by atomic mass is 28.3. The van der Waals surface area contributed by atoms with Crippen LogP contribution >= 0.6 is 0 Å². The molecule has 1 aliphatic carbocycles. The van der Waals surface area contributed by atoms with Crippen molar-refractivity contribution in [1.82, 2.24) is 0 Å². The fourth-order valence-corrected chi connectivity index (χ4v) is 9.98. The van der Waals surface area contributed by atoms with E-state index in [0.717, 1.165) is 52.8 Å². The maximum absolute atomic E-state index is 13.3. The summed E-state index contributed by atoms with van der Waals surface area (Å²) in [7, 11) is -0.981. The van der Waals surface area contributed by atoms with Gasteiger partial charge < -0.3 is 13.9 Å². The van der Waals surface area contributed by atoms with E-state index >= 15 is 0 Å². The summed E-state index contributed by atoms with van der Waals surface area (Å²) >= 11 is 0. The van der Waals surface area contributed by atoms with Gasteiger partial charge >= 0.3 is 11.9 Å². The molecule has 0 aromatic heterocycles. The van der Waals surface area contributed by atoms with Gasteiger partial charge in [-0.1, -0.05) is 137 Å². The van der Waals surface area contributed by atoms with E-state index in [2.05, 4.69) is 114 Å². The lowest BCUT2D eigenvalue weighted by Gasteiger charge is -2.50. The Morgan fingerprint density at radius 1 is 0.830 bits per heavy atom. The van der Waals surface area contributed by atoms with E-state index in [4.69, 9.17) is 13.9 Å². The lowest BCUT2D eigenvalue weighted by molar-refractivity contribution is -0.197. The Kier molecular flexibility index (Phi) is 12.2. The summed E-state index contributed by atoms with van der Waals surface area (Å²) < 4.78 is 19.2. The summed E-state index contributed by atoms with van der Waals surface area (Å²) in [4.78, 5) is 25.2. The SMILES string of the molecule is COC(=O)CCCCCC(C1=C(C)C(C(C)(C)C)=C(C)C(C)C1(OC(C)=O)O[SiH](c1ccccc1)c1ccccc1)c1ccccc1. The van der Waals surface area contributed by atoms with Crippen molar-refractivity contribution in [2.24, 2.45) is 11.3 Å². The van der Waals surface area contributed by atoms with Crippen LogP contribution in [0.25, 0.3) is 0 Å². The van der Waals surface area contributed by atoms with Gasteiger partial charge in [0.25, 0.3) is 0 Å². The van der Waals surface area contributed by atoms with Gasteiger partial charge in [0, 0.05) is 30.8 Å². The van der Waals surface area contributed by atoms with Crippen LogP contribution in [-0.4, -0.2) is 33.9 Å². The Morgan fingerprint density at radius 3 is 1.85 bits per heavy atom. The predicted molar refractivity (Wildman–Crippen MR) is 193 cm³/mol. The molecule has 0 saturated carbocycles. The fourth-order valence-electron chi connectivity index (χ4n) is 7.45. The smallest absolute Gasteiger partial charge is 0.305 e. The zero-order valence-electron chi connectivity index (χ0n) is 29.5. The summed E-state index contributed by atoms with van der Waals surface area (Å²) in [6.45, 7) is 14.8. The van der Waals surface area contributed by atoms with E-state index in [1.807, 2.05) is 18.2 Å². The van der Waals surface area contributed by atoms with Crippen LogP contribution in [-0.2, 0) is 23.5 Å². The molecule has 250 valence electrons. The summed E-state index contributed by atoms with van der Waals surface area (Å²) in [5.41, 5.74) is 5.64. The number of hydrogen-bond donors (Lipinski definition) is 0. The van der Waals surface area contributed by atoms with Crippen molar-refractivity contribution in [2.45, 2.75) is 92.3 Å². The minimum atomic E-state index is -2.42. The quantitative estimate of drug-likeness (QED) is 0.0810. The van der Waals surface area contributed by atoms with Crippen molar-refractivity contribution >= 4 is 31.4 Å². The molecule has 0 fully saturated rings.